The van der Waals surface area contributed by atoms with Crippen LogP contribution in [0.3, 0.4) is 0 Å². The smallest absolute Gasteiger partial charge is 0.237 e. The number of likely N-dealkylation sites (N-methyl/N-ethyl adjacent to an activating group) is 1. The van der Waals surface area contributed by atoms with E-state index in [1.165, 1.54) is 0 Å². The third-order valence-electron chi connectivity index (χ3n) is 4.39. The van der Waals surface area contributed by atoms with Crippen molar-refractivity contribution in [2.45, 2.75) is 25.9 Å². The number of halogens is 1. The van der Waals surface area contributed by atoms with Crippen molar-refractivity contribution in [1.29, 1.82) is 0 Å². The molecule has 1 amide bonds. The Morgan fingerprint density at radius 3 is 2.80 bits per heavy atom. The molecule has 1 aliphatic heterocycles. The molecule has 2 aromatic rings. The van der Waals surface area contributed by atoms with E-state index in [9.17, 15) is 9.90 Å². The van der Waals surface area contributed by atoms with E-state index >= 15 is 0 Å². The molecule has 2 N–H and O–H groups in total. The molecule has 3 rings (SSSR count). The van der Waals surface area contributed by atoms with Gasteiger partial charge in [-0.25, -0.2) is 9.67 Å². The molecule has 7 nitrogen and oxygen atoms in total. The Labute approximate surface area is 151 Å². The van der Waals surface area contributed by atoms with Crippen LogP contribution >= 0.6 is 11.6 Å². The molecular weight excluding hydrogens is 342 g/mol. The van der Waals surface area contributed by atoms with Gasteiger partial charge in [-0.15, -0.1) is 0 Å². The summed E-state index contributed by atoms with van der Waals surface area (Å²) in [7, 11) is 0. The highest BCUT2D eigenvalue weighted by Crippen LogP contribution is 2.20. The molecule has 134 valence electrons. The van der Waals surface area contributed by atoms with Crippen molar-refractivity contribution in [2.24, 2.45) is 0 Å². The van der Waals surface area contributed by atoms with Crippen LogP contribution in [-0.2, 0) is 17.8 Å². The van der Waals surface area contributed by atoms with Crippen molar-refractivity contribution >= 4 is 17.5 Å². The maximum atomic E-state index is 12.3. The lowest BCUT2D eigenvalue weighted by molar-refractivity contribution is -0.128. The molecule has 0 unspecified atom stereocenters. The highest BCUT2D eigenvalue weighted by Gasteiger charge is 2.30. The van der Waals surface area contributed by atoms with Gasteiger partial charge in [0, 0.05) is 30.1 Å². The number of piperazine rings is 1. The minimum atomic E-state index is -0.265. The van der Waals surface area contributed by atoms with E-state index in [0.717, 1.165) is 18.7 Å². The second-order valence-corrected chi connectivity index (χ2v) is 6.38. The summed E-state index contributed by atoms with van der Waals surface area (Å²) in [6, 6.07) is 7.03. The van der Waals surface area contributed by atoms with Gasteiger partial charge in [-0.2, -0.15) is 5.10 Å². The van der Waals surface area contributed by atoms with Crippen LogP contribution in [0.1, 0.15) is 12.7 Å². The van der Waals surface area contributed by atoms with Crippen molar-refractivity contribution in [3.8, 4) is 11.4 Å². The fourth-order valence-corrected chi connectivity index (χ4v) is 3.18. The van der Waals surface area contributed by atoms with Gasteiger partial charge in [0.05, 0.1) is 19.2 Å². The maximum Gasteiger partial charge on any atom is 0.237 e. The average Bonchev–Trinajstić information content (AvgIpc) is 3.00. The first kappa shape index (κ1) is 17.8. The zero-order valence-corrected chi connectivity index (χ0v) is 14.9. The van der Waals surface area contributed by atoms with Crippen LogP contribution in [0.2, 0.25) is 5.02 Å². The minimum Gasteiger partial charge on any atom is -0.394 e. The number of aliphatic hydroxyl groups excluding tert-OH is 1. The Hall–Kier alpha value is -1.96. The van der Waals surface area contributed by atoms with Crippen molar-refractivity contribution in [2.75, 3.05) is 26.2 Å². The van der Waals surface area contributed by atoms with Crippen LogP contribution in [0.4, 0.5) is 0 Å². The molecule has 1 saturated heterocycles. The number of nitrogens with one attached hydrogen (secondary N) is 1. The SMILES string of the molecule is CCN1CCNC(=O)[C@@H]1Cc1nc(-c2ccc(Cl)cc2)nn1CCO. The van der Waals surface area contributed by atoms with Gasteiger partial charge in [0.15, 0.2) is 5.82 Å². The topological polar surface area (TPSA) is 83.3 Å². The zero-order chi connectivity index (χ0) is 17.8. The number of aromatic nitrogens is 3. The van der Waals surface area contributed by atoms with Gasteiger partial charge in [-0.05, 0) is 30.8 Å². The predicted octanol–water partition coefficient (Wildman–Crippen LogP) is 0.954. The highest BCUT2D eigenvalue weighted by atomic mass is 35.5. The second kappa shape index (κ2) is 7.95. The van der Waals surface area contributed by atoms with Crippen LogP contribution < -0.4 is 5.32 Å². The van der Waals surface area contributed by atoms with Crippen LogP contribution in [0.15, 0.2) is 24.3 Å². The first-order valence-corrected chi connectivity index (χ1v) is 8.82. The number of hydrogen-bond donors (Lipinski definition) is 2. The summed E-state index contributed by atoms with van der Waals surface area (Å²) in [5.74, 6) is 1.28. The summed E-state index contributed by atoms with van der Waals surface area (Å²) in [6.45, 7) is 4.65. The van der Waals surface area contributed by atoms with E-state index in [0.29, 0.717) is 36.2 Å². The molecule has 0 spiro atoms. The Morgan fingerprint density at radius 1 is 1.36 bits per heavy atom. The molecule has 1 aromatic carbocycles. The molecule has 25 heavy (non-hydrogen) atoms. The number of rotatable bonds is 6. The third-order valence-corrected chi connectivity index (χ3v) is 4.64. The predicted molar refractivity (Wildman–Crippen MR) is 95.3 cm³/mol. The summed E-state index contributed by atoms with van der Waals surface area (Å²) in [5, 5.41) is 17.4. The van der Waals surface area contributed by atoms with E-state index in [-0.39, 0.29) is 18.6 Å². The summed E-state index contributed by atoms with van der Waals surface area (Å²) < 4.78 is 1.68. The van der Waals surface area contributed by atoms with Crippen LogP contribution in [0, 0.1) is 0 Å². The fraction of sp³-hybridized carbons (Fsp3) is 0.471. The second-order valence-electron chi connectivity index (χ2n) is 5.94. The van der Waals surface area contributed by atoms with Gasteiger partial charge in [-0.3, -0.25) is 9.69 Å². The molecule has 1 fully saturated rings. The molecule has 2 heterocycles. The zero-order valence-electron chi connectivity index (χ0n) is 14.2. The monoisotopic (exact) mass is 363 g/mol. The normalized spacial score (nSPS) is 18.4. The largest absolute Gasteiger partial charge is 0.394 e. The van der Waals surface area contributed by atoms with Crippen LogP contribution in [-0.4, -0.2) is 63.0 Å². The van der Waals surface area contributed by atoms with Gasteiger partial charge < -0.3 is 10.4 Å². The number of benzene rings is 1. The van der Waals surface area contributed by atoms with Gasteiger partial charge in [0.2, 0.25) is 5.91 Å². The first-order valence-electron chi connectivity index (χ1n) is 8.44. The van der Waals surface area contributed by atoms with Crippen molar-refractivity contribution in [1.82, 2.24) is 25.0 Å². The van der Waals surface area contributed by atoms with Crippen LogP contribution in [0.25, 0.3) is 11.4 Å². The lowest BCUT2D eigenvalue weighted by Crippen LogP contribution is -2.56. The molecule has 0 aliphatic carbocycles. The van der Waals surface area contributed by atoms with E-state index in [1.54, 1.807) is 16.8 Å². The van der Waals surface area contributed by atoms with Crippen molar-refractivity contribution < 1.29 is 9.90 Å². The quantitative estimate of drug-likeness (QED) is 0.798. The van der Waals surface area contributed by atoms with Gasteiger partial charge in [0.1, 0.15) is 5.82 Å². The summed E-state index contributed by atoms with van der Waals surface area (Å²) in [4.78, 5) is 19.0. The highest BCUT2D eigenvalue weighted by molar-refractivity contribution is 6.30. The molecule has 1 atom stereocenters. The average molecular weight is 364 g/mol. The number of amides is 1. The van der Waals surface area contributed by atoms with E-state index < -0.39 is 0 Å². The lowest BCUT2D eigenvalue weighted by atomic mass is 10.1. The maximum absolute atomic E-state index is 12.3. The fourth-order valence-electron chi connectivity index (χ4n) is 3.06. The minimum absolute atomic E-state index is 0.0136. The van der Waals surface area contributed by atoms with E-state index in [4.69, 9.17) is 11.6 Å². The standard InChI is InChI=1S/C17H22ClN5O2/c1-2-22-8-7-19-17(25)14(22)11-15-20-16(21-23(15)9-10-24)12-3-5-13(18)6-4-12/h3-6,14,24H,2,7-11H2,1H3,(H,19,25)/t14-/m0/s1. The molecule has 1 aliphatic rings. The summed E-state index contributed by atoms with van der Waals surface area (Å²) in [6.07, 6.45) is 0.459. The number of carbonyl (C=O) groups is 1. The van der Waals surface area contributed by atoms with Gasteiger partial charge in [0.25, 0.3) is 0 Å². The summed E-state index contributed by atoms with van der Waals surface area (Å²) >= 11 is 5.93. The Balaban J connectivity index is 1.89. The molecule has 0 saturated carbocycles. The van der Waals surface area contributed by atoms with Gasteiger partial charge >= 0.3 is 0 Å². The van der Waals surface area contributed by atoms with Crippen LogP contribution in [0.5, 0.6) is 0 Å². The van der Waals surface area contributed by atoms with Gasteiger partial charge in [-0.1, -0.05) is 18.5 Å². The van der Waals surface area contributed by atoms with Crippen molar-refractivity contribution in [3.63, 3.8) is 0 Å². The number of nitrogens with zero attached hydrogens (tertiary/aromatic N) is 4. The Morgan fingerprint density at radius 2 is 2.12 bits per heavy atom. The van der Waals surface area contributed by atoms with Crippen molar-refractivity contribution in [3.05, 3.63) is 35.1 Å². The molecule has 0 bridgehead atoms. The first-order chi connectivity index (χ1) is 12.1. The molecule has 8 heteroatoms. The third kappa shape index (κ3) is 4.00. The Kier molecular flexibility index (Phi) is 5.67. The number of carbonyl (C=O) groups excluding carboxylic acids is 1. The lowest BCUT2D eigenvalue weighted by Gasteiger charge is -2.33. The number of aliphatic hydroxyl groups is 1. The molecular formula is C17H22ClN5O2. The molecule has 1 aromatic heterocycles. The summed E-state index contributed by atoms with van der Waals surface area (Å²) in [5.41, 5.74) is 0.850. The van der Waals surface area contributed by atoms with E-state index in [2.05, 4.69) is 20.3 Å². The molecule has 0 radical (unpaired) electrons. The van der Waals surface area contributed by atoms with E-state index in [1.807, 2.05) is 19.1 Å². The number of hydrogen-bond acceptors (Lipinski definition) is 5. The Bertz CT molecular complexity index is 731.